The van der Waals surface area contributed by atoms with Crippen LogP contribution >= 0.6 is 12.4 Å². The van der Waals surface area contributed by atoms with E-state index in [1.807, 2.05) is 43.3 Å². The van der Waals surface area contributed by atoms with E-state index in [4.69, 9.17) is 9.47 Å². The van der Waals surface area contributed by atoms with Crippen molar-refractivity contribution >= 4 is 35.6 Å². The molecule has 1 saturated heterocycles. The van der Waals surface area contributed by atoms with Gasteiger partial charge in [0.2, 0.25) is 11.8 Å². The number of nitrogens with one attached hydrogen (secondary N) is 2. The summed E-state index contributed by atoms with van der Waals surface area (Å²) < 4.78 is 11.1. The summed E-state index contributed by atoms with van der Waals surface area (Å²) in [4.78, 5) is 27.1. The summed E-state index contributed by atoms with van der Waals surface area (Å²) in [5.74, 6) is 0.707. The standard InChI is InChI=1S/C22H25N3O4.ClH/c1-2-23-13-15-5-3-4-6-18(15)24-22(27)16-11-21(26)25(14-16)17-7-8-19-20(12-17)29-10-9-28-19;/h3-8,12,16,23H,2,9-11,13-14H2,1H3,(H,24,27);1H. The number of anilines is 2. The maximum absolute atomic E-state index is 12.8. The predicted molar refractivity (Wildman–Crippen MR) is 118 cm³/mol. The molecule has 8 heteroatoms. The highest BCUT2D eigenvalue weighted by molar-refractivity contribution is 6.03. The molecule has 4 rings (SSSR count). The van der Waals surface area contributed by atoms with Crippen LogP contribution in [0, 0.1) is 5.92 Å². The van der Waals surface area contributed by atoms with Gasteiger partial charge in [-0.2, -0.15) is 0 Å². The number of para-hydroxylation sites is 1. The molecule has 2 N–H and O–H groups in total. The Morgan fingerprint density at radius 2 is 1.90 bits per heavy atom. The van der Waals surface area contributed by atoms with Crippen LogP contribution in [0.2, 0.25) is 0 Å². The number of benzene rings is 2. The number of hydrogen-bond acceptors (Lipinski definition) is 5. The molecular formula is C22H26ClN3O4. The molecule has 0 spiro atoms. The molecule has 160 valence electrons. The van der Waals surface area contributed by atoms with Gasteiger partial charge in [-0.3, -0.25) is 9.59 Å². The molecule has 0 aliphatic carbocycles. The summed E-state index contributed by atoms with van der Waals surface area (Å²) in [5, 5.41) is 6.27. The van der Waals surface area contributed by atoms with Crippen LogP contribution in [-0.2, 0) is 16.1 Å². The van der Waals surface area contributed by atoms with E-state index >= 15 is 0 Å². The molecule has 0 saturated carbocycles. The molecule has 0 aromatic heterocycles. The van der Waals surface area contributed by atoms with E-state index in [9.17, 15) is 9.59 Å². The maximum atomic E-state index is 12.8. The lowest BCUT2D eigenvalue weighted by Gasteiger charge is -2.22. The van der Waals surface area contributed by atoms with E-state index in [0.29, 0.717) is 37.8 Å². The van der Waals surface area contributed by atoms with Crippen molar-refractivity contribution < 1.29 is 19.1 Å². The second-order valence-corrected chi connectivity index (χ2v) is 7.16. The number of rotatable bonds is 6. The Bertz CT molecular complexity index is 921. The monoisotopic (exact) mass is 431 g/mol. The van der Waals surface area contributed by atoms with Gasteiger partial charge < -0.3 is 25.0 Å². The molecule has 2 aliphatic heterocycles. The molecule has 0 radical (unpaired) electrons. The fraction of sp³-hybridized carbons (Fsp3) is 0.364. The molecule has 1 unspecified atom stereocenters. The summed E-state index contributed by atoms with van der Waals surface area (Å²) in [5.41, 5.74) is 2.53. The van der Waals surface area contributed by atoms with E-state index < -0.39 is 5.92 Å². The Hall–Kier alpha value is -2.77. The van der Waals surface area contributed by atoms with Gasteiger partial charge in [-0.1, -0.05) is 25.1 Å². The molecule has 2 aromatic carbocycles. The highest BCUT2D eigenvalue weighted by Crippen LogP contribution is 2.36. The van der Waals surface area contributed by atoms with E-state index in [2.05, 4.69) is 10.6 Å². The predicted octanol–water partition coefficient (Wildman–Crippen LogP) is 2.98. The molecule has 2 aromatic rings. The zero-order valence-electron chi connectivity index (χ0n) is 16.8. The minimum Gasteiger partial charge on any atom is -0.486 e. The van der Waals surface area contributed by atoms with Crippen LogP contribution < -0.4 is 25.0 Å². The van der Waals surface area contributed by atoms with Crippen molar-refractivity contribution in [3.05, 3.63) is 48.0 Å². The second-order valence-electron chi connectivity index (χ2n) is 7.16. The molecular weight excluding hydrogens is 406 g/mol. The summed E-state index contributed by atoms with van der Waals surface area (Å²) in [6, 6.07) is 13.2. The zero-order chi connectivity index (χ0) is 20.2. The van der Waals surface area contributed by atoms with Gasteiger partial charge in [-0.25, -0.2) is 0 Å². The van der Waals surface area contributed by atoms with E-state index in [1.54, 1.807) is 11.0 Å². The van der Waals surface area contributed by atoms with Crippen molar-refractivity contribution in [2.45, 2.75) is 19.9 Å². The van der Waals surface area contributed by atoms with Crippen LogP contribution in [0.5, 0.6) is 11.5 Å². The van der Waals surface area contributed by atoms with Crippen LogP contribution in [-0.4, -0.2) is 38.1 Å². The van der Waals surface area contributed by atoms with Crippen molar-refractivity contribution in [3.8, 4) is 11.5 Å². The van der Waals surface area contributed by atoms with Crippen LogP contribution in [0.3, 0.4) is 0 Å². The Morgan fingerprint density at radius 1 is 1.13 bits per heavy atom. The number of carbonyl (C=O) groups excluding carboxylic acids is 2. The maximum Gasteiger partial charge on any atom is 0.229 e. The number of halogens is 1. The van der Waals surface area contributed by atoms with Crippen molar-refractivity contribution in [3.63, 3.8) is 0 Å². The Morgan fingerprint density at radius 3 is 2.70 bits per heavy atom. The Labute approximate surface area is 182 Å². The van der Waals surface area contributed by atoms with Gasteiger partial charge in [0.05, 0.1) is 5.92 Å². The van der Waals surface area contributed by atoms with Crippen LogP contribution in [0.4, 0.5) is 11.4 Å². The minimum absolute atomic E-state index is 0. The largest absolute Gasteiger partial charge is 0.486 e. The van der Waals surface area contributed by atoms with Crippen molar-refractivity contribution in [1.82, 2.24) is 5.32 Å². The van der Waals surface area contributed by atoms with Crippen molar-refractivity contribution in [2.75, 3.05) is 36.5 Å². The molecule has 2 aliphatic rings. The normalized spacial score (nSPS) is 17.4. The third kappa shape index (κ3) is 4.68. The molecule has 30 heavy (non-hydrogen) atoms. The lowest BCUT2D eigenvalue weighted by Crippen LogP contribution is -2.28. The molecule has 1 atom stereocenters. The summed E-state index contributed by atoms with van der Waals surface area (Å²) in [6.07, 6.45) is 0.190. The number of amides is 2. The third-order valence-corrected chi connectivity index (χ3v) is 5.17. The SMILES string of the molecule is CCNCc1ccccc1NC(=O)C1CC(=O)N(c2ccc3c(c2)OCCO3)C1.Cl. The summed E-state index contributed by atoms with van der Waals surface area (Å²) in [6.45, 7) is 4.93. The molecule has 1 fully saturated rings. The van der Waals surface area contributed by atoms with Gasteiger partial charge in [0, 0.05) is 37.0 Å². The smallest absolute Gasteiger partial charge is 0.229 e. The average molecular weight is 432 g/mol. The first-order valence-electron chi connectivity index (χ1n) is 9.95. The van der Waals surface area contributed by atoms with Gasteiger partial charge in [0.15, 0.2) is 11.5 Å². The molecule has 7 nitrogen and oxygen atoms in total. The van der Waals surface area contributed by atoms with Crippen LogP contribution in [0.1, 0.15) is 18.9 Å². The number of ether oxygens (including phenoxy) is 2. The molecule has 2 heterocycles. The second kappa shape index (κ2) is 9.82. The first-order valence-corrected chi connectivity index (χ1v) is 9.95. The third-order valence-electron chi connectivity index (χ3n) is 5.17. The lowest BCUT2D eigenvalue weighted by atomic mass is 10.1. The van der Waals surface area contributed by atoms with Gasteiger partial charge >= 0.3 is 0 Å². The van der Waals surface area contributed by atoms with E-state index in [1.165, 1.54) is 0 Å². The number of carbonyl (C=O) groups is 2. The van der Waals surface area contributed by atoms with E-state index in [0.717, 1.165) is 23.5 Å². The number of nitrogens with zero attached hydrogens (tertiary/aromatic N) is 1. The Balaban J connectivity index is 0.00000256. The highest BCUT2D eigenvalue weighted by atomic mass is 35.5. The van der Waals surface area contributed by atoms with Crippen LogP contribution in [0.15, 0.2) is 42.5 Å². The average Bonchev–Trinajstić information content (AvgIpc) is 3.14. The number of hydrogen-bond donors (Lipinski definition) is 2. The van der Waals surface area contributed by atoms with Gasteiger partial charge in [-0.15, -0.1) is 12.4 Å². The number of fused-ring (bicyclic) bond motifs is 1. The summed E-state index contributed by atoms with van der Waals surface area (Å²) >= 11 is 0. The van der Waals surface area contributed by atoms with Gasteiger partial charge in [0.1, 0.15) is 13.2 Å². The fourth-order valence-electron chi connectivity index (χ4n) is 3.62. The van der Waals surface area contributed by atoms with E-state index in [-0.39, 0.29) is 30.6 Å². The first-order chi connectivity index (χ1) is 14.2. The first kappa shape index (κ1) is 21.9. The van der Waals surface area contributed by atoms with Crippen molar-refractivity contribution in [1.29, 1.82) is 0 Å². The Kier molecular flexibility index (Phi) is 7.18. The topological polar surface area (TPSA) is 79.9 Å². The lowest BCUT2D eigenvalue weighted by molar-refractivity contribution is -0.122. The highest BCUT2D eigenvalue weighted by Gasteiger charge is 2.35. The van der Waals surface area contributed by atoms with Crippen LogP contribution in [0.25, 0.3) is 0 Å². The zero-order valence-corrected chi connectivity index (χ0v) is 17.7. The fourth-order valence-corrected chi connectivity index (χ4v) is 3.62. The van der Waals surface area contributed by atoms with Gasteiger partial charge in [0.25, 0.3) is 0 Å². The quantitative estimate of drug-likeness (QED) is 0.735. The summed E-state index contributed by atoms with van der Waals surface area (Å²) in [7, 11) is 0. The van der Waals surface area contributed by atoms with Crippen molar-refractivity contribution in [2.24, 2.45) is 5.92 Å². The van der Waals surface area contributed by atoms with Gasteiger partial charge in [-0.05, 0) is 30.3 Å². The molecule has 2 amide bonds. The minimum atomic E-state index is -0.400. The molecule has 0 bridgehead atoms.